The number of ether oxygens (including phenoxy) is 2. The minimum atomic E-state index is -5.81. The molecule has 1 aromatic rings. The summed E-state index contributed by atoms with van der Waals surface area (Å²) in [6, 6.07) is 3.43. The maximum Gasteiger partial charge on any atom is 0.534 e. The molecule has 1 N–H and O–H groups in total. The summed E-state index contributed by atoms with van der Waals surface area (Å²) in [5, 5.41) is 2.58. The van der Waals surface area contributed by atoms with Crippen LogP contribution in [0, 0.1) is 0 Å². The summed E-state index contributed by atoms with van der Waals surface area (Å²) >= 11 is 0. The van der Waals surface area contributed by atoms with Crippen LogP contribution < -0.4 is 14.2 Å². The Hall–Kier alpha value is -2.17. The third-order valence-corrected chi connectivity index (χ3v) is 4.13. The molecule has 26 heavy (non-hydrogen) atoms. The Morgan fingerprint density at radius 2 is 1.92 bits per heavy atom. The lowest BCUT2D eigenvalue weighted by atomic mass is 10.0. The quantitative estimate of drug-likeness (QED) is 0.623. The molecule has 0 aromatic heterocycles. The van der Waals surface area contributed by atoms with E-state index in [-0.39, 0.29) is 18.8 Å². The van der Waals surface area contributed by atoms with Crippen molar-refractivity contribution in [1.29, 1.82) is 0 Å². The van der Waals surface area contributed by atoms with Crippen molar-refractivity contribution in [3.05, 3.63) is 23.8 Å². The van der Waals surface area contributed by atoms with Gasteiger partial charge >= 0.3 is 21.7 Å². The second-order valence-electron chi connectivity index (χ2n) is 6.59. The molecular formula is C15H18F3NO6S. The van der Waals surface area contributed by atoms with Crippen molar-refractivity contribution < 1.29 is 40.0 Å². The molecular weight excluding hydrogens is 379 g/mol. The molecule has 7 nitrogen and oxygen atoms in total. The smallest absolute Gasteiger partial charge is 0.487 e. The van der Waals surface area contributed by atoms with Crippen molar-refractivity contribution in [3.8, 4) is 11.5 Å². The highest BCUT2D eigenvalue weighted by molar-refractivity contribution is 7.88. The van der Waals surface area contributed by atoms with Gasteiger partial charge in [0.1, 0.15) is 12.2 Å². The first-order valence-corrected chi connectivity index (χ1v) is 8.94. The zero-order valence-corrected chi connectivity index (χ0v) is 15.0. The summed E-state index contributed by atoms with van der Waals surface area (Å²) in [5.74, 6) is -0.668. The first-order valence-electron chi connectivity index (χ1n) is 7.53. The van der Waals surface area contributed by atoms with E-state index in [2.05, 4.69) is 9.50 Å². The number of alkyl carbamates (subject to hydrolysis) is 1. The van der Waals surface area contributed by atoms with E-state index in [0.29, 0.717) is 5.56 Å². The zero-order valence-electron chi connectivity index (χ0n) is 14.2. The maximum absolute atomic E-state index is 12.5. The Balaban J connectivity index is 2.13. The molecule has 1 heterocycles. The number of hydrogen-bond acceptors (Lipinski definition) is 6. The number of benzene rings is 1. The van der Waals surface area contributed by atoms with Crippen molar-refractivity contribution >= 4 is 16.2 Å². The second kappa shape index (κ2) is 6.86. The Morgan fingerprint density at radius 3 is 2.50 bits per heavy atom. The summed E-state index contributed by atoms with van der Waals surface area (Å²) in [7, 11) is -5.81. The highest BCUT2D eigenvalue weighted by Crippen LogP contribution is 2.37. The Bertz CT molecular complexity index is 786. The highest BCUT2D eigenvalue weighted by Gasteiger charge is 2.49. The molecule has 2 rings (SSSR count). The number of amides is 1. The predicted molar refractivity (Wildman–Crippen MR) is 84.4 cm³/mol. The van der Waals surface area contributed by atoms with Crippen LogP contribution in [0.25, 0.3) is 0 Å². The van der Waals surface area contributed by atoms with Gasteiger partial charge in [0.2, 0.25) is 0 Å². The third-order valence-electron chi connectivity index (χ3n) is 3.16. The summed E-state index contributed by atoms with van der Waals surface area (Å²) in [4.78, 5) is 11.8. The number of para-hydroxylation sites is 1. The van der Waals surface area contributed by atoms with Crippen LogP contribution >= 0.6 is 0 Å². The molecule has 0 spiro atoms. The van der Waals surface area contributed by atoms with Gasteiger partial charge in [-0.15, -0.1) is 0 Å². The number of alkyl halides is 3. The Labute approximate surface area is 148 Å². The van der Waals surface area contributed by atoms with Crippen LogP contribution in [0.15, 0.2) is 18.2 Å². The maximum atomic E-state index is 12.5. The molecule has 11 heteroatoms. The van der Waals surface area contributed by atoms with Gasteiger partial charge in [-0.2, -0.15) is 21.6 Å². The minimum absolute atomic E-state index is 0.0846. The van der Waals surface area contributed by atoms with Crippen LogP contribution in [0.4, 0.5) is 18.0 Å². The average Bonchev–Trinajstić information content (AvgIpc) is 2.43. The first kappa shape index (κ1) is 20.1. The van der Waals surface area contributed by atoms with E-state index >= 15 is 0 Å². The largest absolute Gasteiger partial charge is 0.534 e. The van der Waals surface area contributed by atoms with E-state index in [9.17, 15) is 26.4 Å². The van der Waals surface area contributed by atoms with Crippen LogP contribution in [0.5, 0.6) is 11.5 Å². The molecule has 1 amide bonds. The number of hydrogen-bond donors (Lipinski definition) is 1. The summed E-state index contributed by atoms with van der Waals surface area (Å²) in [6.07, 6.45) is -0.459. The van der Waals surface area contributed by atoms with Crippen molar-refractivity contribution in [2.75, 3.05) is 6.61 Å². The number of rotatable bonds is 3. The van der Waals surface area contributed by atoms with Gasteiger partial charge < -0.3 is 19.0 Å². The number of carbonyl (C=O) groups excluding carboxylic acids is 1. The number of fused-ring (bicyclic) bond motifs is 1. The van der Waals surface area contributed by atoms with E-state index in [4.69, 9.17) is 9.47 Å². The Kier molecular flexibility index (Phi) is 5.31. The fraction of sp³-hybridized carbons (Fsp3) is 0.533. The van der Waals surface area contributed by atoms with Crippen LogP contribution in [-0.4, -0.2) is 38.3 Å². The molecule has 0 fully saturated rings. The van der Waals surface area contributed by atoms with E-state index in [0.717, 1.165) is 6.07 Å². The number of halogens is 3. The third kappa shape index (κ3) is 4.93. The van der Waals surface area contributed by atoms with Crippen molar-refractivity contribution in [3.63, 3.8) is 0 Å². The Morgan fingerprint density at radius 1 is 1.27 bits per heavy atom. The topological polar surface area (TPSA) is 90.9 Å². The van der Waals surface area contributed by atoms with Crippen LogP contribution in [-0.2, 0) is 21.3 Å². The number of carbonyl (C=O) groups is 1. The van der Waals surface area contributed by atoms with E-state index in [1.54, 1.807) is 20.8 Å². The molecule has 1 atom stereocenters. The van der Waals surface area contributed by atoms with E-state index < -0.39 is 39.1 Å². The summed E-state index contributed by atoms with van der Waals surface area (Å²) < 4.78 is 74.4. The fourth-order valence-corrected chi connectivity index (χ4v) is 2.65. The lowest BCUT2D eigenvalue weighted by molar-refractivity contribution is -0.0500. The van der Waals surface area contributed by atoms with Crippen LogP contribution in [0.1, 0.15) is 26.3 Å². The van der Waals surface area contributed by atoms with Gasteiger partial charge in [0, 0.05) is 5.56 Å². The molecule has 1 aromatic carbocycles. The van der Waals surface area contributed by atoms with Crippen LogP contribution in [0.2, 0.25) is 0 Å². The van der Waals surface area contributed by atoms with Gasteiger partial charge in [0.05, 0.1) is 6.04 Å². The zero-order chi connectivity index (χ0) is 19.8. The lowest BCUT2D eigenvalue weighted by Gasteiger charge is -2.28. The SMILES string of the molecule is CC(C)(C)OC(=O)N[C@H]1COc2c(cccc2OS(=O)(=O)C(F)(F)F)C1. The van der Waals surface area contributed by atoms with Gasteiger partial charge in [0.15, 0.2) is 11.5 Å². The molecule has 146 valence electrons. The first-order chi connectivity index (χ1) is 11.8. The standard InChI is InChI=1S/C15H18F3NO6S/c1-14(2,3)24-13(20)19-10-7-9-5-4-6-11(12(9)23-8-10)25-26(21,22)15(16,17)18/h4-6,10H,7-8H2,1-3H3,(H,19,20)/t10-/m1/s1. The monoisotopic (exact) mass is 397 g/mol. The minimum Gasteiger partial charge on any atom is -0.487 e. The van der Waals surface area contributed by atoms with Crippen molar-refractivity contribution in [2.24, 2.45) is 0 Å². The normalized spacial score (nSPS) is 17.7. The van der Waals surface area contributed by atoms with Gasteiger partial charge in [-0.25, -0.2) is 4.79 Å². The lowest BCUT2D eigenvalue weighted by Crippen LogP contribution is -2.45. The van der Waals surface area contributed by atoms with Gasteiger partial charge in [-0.3, -0.25) is 0 Å². The average molecular weight is 397 g/mol. The fourth-order valence-electron chi connectivity index (χ4n) is 2.19. The van der Waals surface area contributed by atoms with E-state index in [1.165, 1.54) is 12.1 Å². The van der Waals surface area contributed by atoms with Crippen molar-refractivity contribution in [2.45, 2.75) is 44.3 Å². The van der Waals surface area contributed by atoms with Crippen molar-refractivity contribution in [1.82, 2.24) is 5.32 Å². The summed E-state index contributed by atoms with van der Waals surface area (Å²) in [5.41, 5.74) is -5.84. The molecule has 0 radical (unpaired) electrons. The highest BCUT2D eigenvalue weighted by atomic mass is 32.2. The molecule has 0 aliphatic carbocycles. The van der Waals surface area contributed by atoms with Gasteiger partial charge in [-0.1, -0.05) is 12.1 Å². The molecule has 0 saturated heterocycles. The van der Waals surface area contributed by atoms with Crippen LogP contribution in [0.3, 0.4) is 0 Å². The molecule has 1 aliphatic heterocycles. The van der Waals surface area contributed by atoms with Gasteiger partial charge in [-0.05, 0) is 33.3 Å². The molecule has 0 bridgehead atoms. The second-order valence-corrected chi connectivity index (χ2v) is 8.12. The molecule has 0 unspecified atom stereocenters. The molecule has 0 saturated carbocycles. The number of nitrogens with one attached hydrogen (secondary N) is 1. The predicted octanol–water partition coefficient (Wildman–Crippen LogP) is 2.74. The molecule has 1 aliphatic rings. The van der Waals surface area contributed by atoms with E-state index in [1.807, 2.05) is 0 Å². The van der Waals surface area contributed by atoms with Gasteiger partial charge in [0.25, 0.3) is 0 Å². The summed E-state index contributed by atoms with van der Waals surface area (Å²) in [6.45, 7) is 5.01.